The summed E-state index contributed by atoms with van der Waals surface area (Å²) in [6.45, 7) is 5.85. The topological polar surface area (TPSA) is 81.1 Å². The smallest absolute Gasteiger partial charge is 0.124 e. The molecule has 0 saturated carbocycles. The van der Waals surface area contributed by atoms with E-state index in [0.29, 0.717) is 23.6 Å². The summed E-state index contributed by atoms with van der Waals surface area (Å²) in [5.74, 6) is 0.460. The monoisotopic (exact) mass is 195 g/mol. The van der Waals surface area contributed by atoms with Crippen LogP contribution < -0.4 is 16.8 Å². The van der Waals surface area contributed by atoms with E-state index in [1.807, 2.05) is 0 Å². The maximum Gasteiger partial charge on any atom is 0.124 e. The van der Waals surface area contributed by atoms with Crippen LogP contribution >= 0.6 is 0 Å². The van der Waals surface area contributed by atoms with Gasteiger partial charge in [0.1, 0.15) is 12.1 Å². The molecule has 0 aliphatic rings. The molecule has 0 heterocycles. The Morgan fingerprint density at radius 3 is 2.57 bits per heavy atom. The van der Waals surface area contributed by atoms with Crippen molar-refractivity contribution >= 4 is 6.29 Å². The average molecular weight is 195 g/mol. The van der Waals surface area contributed by atoms with Crippen LogP contribution in [0.4, 0.5) is 0 Å². The number of hydrogen-bond acceptors (Lipinski definition) is 4. The highest BCUT2D eigenvalue weighted by Crippen LogP contribution is 2.04. The number of carbonyl (C=O) groups excluding carboxylic acids is 1. The maximum absolute atomic E-state index is 10.4. The van der Waals surface area contributed by atoms with E-state index >= 15 is 0 Å². The number of nitrogens with one attached hydrogen (secondary N) is 1. The third-order valence-electron chi connectivity index (χ3n) is 1.49. The normalized spacial score (nSPS) is 13.1. The van der Waals surface area contributed by atoms with Crippen LogP contribution in [0.2, 0.25) is 0 Å². The first-order valence-electron chi connectivity index (χ1n) is 4.32. The van der Waals surface area contributed by atoms with E-state index in [9.17, 15) is 4.79 Å². The molecule has 4 nitrogen and oxygen atoms in total. The molecule has 0 aliphatic heterocycles. The van der Waals surface area contributed by atoms with Gasteiger partial charge in [-0.2, -0.15) is 0 Å². The second kappa shape index (κ2) is 6.77. The molecule has 0 amide bonds. The van der Waals surface area contributed by atoms with Gasteiger partial charge >= 0.3 is 0 Å². The van der Waals surface area contributed by atoms with Crippen molar-refractivity contribution in [3.05, 3.63) is 35.8 Å². The molecule has 78 valence electrons. The Labute approximate surface area is 84.3 Å². The molecule has 0 aliphatic carbocycles. The van der Waals surface area contributed by atoms with Gasteiger partial charge in [-0.1, -0.05) is 6.08 Å². The van der Waals surface area contributed by atoms with Gasteiger partial charge in [-0.3, -0.25) is 0 Å². The zero-order valence-electron chi connectivity index (χ0n) is 8.42. The van der Waals surface area contributed by atoms with Gasteiger partial charge in [-0.05, 0) is 13.0 Å². The number of nitrogens with two attached hydrogens (primary N) is 2. The summed E-state index contributed by atoms with van der Waals surface area (Å²) in [5.41, 5.74) is 12.5. The Kier molecular flexibility index (Phi) is 5.94. The fraction of sp³-hybridized carbons (Fsp3) is 0.300. The van der Waals surface area contributed by atoms with Crippen molar-refractivity contribution in [1.82, 2.24) is 5.32 Å². The third kappa shape index (κ3) is 5.03. The summed E-state index contributed by atoms with van der Waals surface area (Å²) in [6.07, 6.45) is 4.41. The SMILES string of the molecule is C=CCN/C(N)=C(/C=C(/C)N)CC=O. The largest absolute Gasteiger partial charge is 0.402 e. The standard InChI is InChI=1S/C10H17N3O/c1-3-5-13-10(12)9(4-6-14)7-8(2)11/h3,6-7,13H,1,4-5,11-12H2,2H3/b8-7-,10-9+. The van der Waals surface area contributed by atoms with Gasteiger partial charge < -0.3 is 21.6 Å². The second-order valence-corrected chi connectivity index (χ2v) is 2.87. The first-order chi connectivity index (χ1) is 6.61. The van der Waals surface area contributed by atoms with Gasteiger partial charge in [-0.25, -0.2) is 0 Å². The molecule has 0 fully saturated rings. The van der Waals surface area contributed by atoms with E-state index in [1.165, 1.54) is 0 Å². The number of aldehydes is 1. The zero-order chi connectivity index (χ0) is 11.0. The zero-order valence-corrected chi connectivity index (χ0v) is 8.42. The van der Waals surface area contributed by atoms with Crippen molar-refractivity contribution in [1.29, 1.82) is 0 Å². The predicted molar refractivity (Wildman–Crippen MR) is 58.0 cm³/mol. The molecule has 0 spiro atoms. The number of allylic oxidation sites excluding steroid dienone is 3. The lowest BCUT2D eigenvalue weighted by Crippen LogP contribution is -2.22. The molecule has 0 rings (SSSR count). The minimum atomic E-state index is 0.254. The Morgan fingerprint density at radius 2 is 2.14 bits per heavy atom. The minimum absolute atomic E-state index is 0.254. The summed E-state index contributed by atoms with van der Waals surface area (Å²) >= 11 is 0. The lowest BCUT2D eigenvalue weighted by molar-refractivity contribution is -0.107. The van der Waals surface area contributed by atoms with Crippen LogP contribution in [-0.4, -0.2) is 12.8 Å². The van der Waals surface area contributed by atoms with Crippen LogP contribution in [0.25, 0.3) is 0 Å². The van der Waals surface area contributed by atoms with Crippen molar-refractivity contribution in [2.45, 2.75) is 13.3 Å². The molecule has 0 saturated heterocycles. The summed E-state index contributed by atoms with van der Waals surface area (Å²) in [4.78, 5) is 10.4. The molecule has 0 atom stereocenters. The molecule has 0 bridgehead atoms. The van der Waals surface area contributed by atoms with Gasteiger partial charge in [0, 0.05) is 24.2 Å². The molecule has 0 radical (unpaired) electrons. The molecule has 0 aromatic carbocycles. The average Bonchev–Trinajstić information content (AvgIpc) is 2.13. The Bertz CT molecular complexity index is 263. The molecule has 14 heavy (non-hydrogen) atoms. The molecule has 4 heteroatoms. The van der Waals surface area contributed by atoms with Crippen molar-refractivity contribution in [2.75, 3.05) is 6.54 Å². The highest BCUT2D eigenvalue weighted by atomic mass is 16.1. The van der Waals surface area contributed by atoms with Crippen LogP contribution in [0.15, 0.2) is 35.8 Å². The number of hydrogen-bond donors (Lipinski definition) is 3. The summed E-state index contributed by atoms with van der Waals surface area (Å²) in [7, 11) is 0. The number of rotatable bonds is 6. The molecule has 5 N–H and O–H groups in total. The van der Waals surface area contributed by atoms with Gasteiger partial charge in [0.15, 0.2) is 0 Å². The van der Waals surface area contributed by atoms with E-state index in [2.05, 4.69) is 11.9 Å². The second-order valence-electron chi connectivity index (χ2n) is 2.87. The van der Waals surface area contributed by atoms with Crippen molar-refractivity contribution in [3.63, 3.8) is 0 Å². The maximum atomic E-state index is 10.4. The van der Waals surface area contributed by atoms with E-state index in [0.717, 1.165) is 6.29 Å². The van der Waals surface area contributed by atoms with Crippen LogP contribution in [0.1, 0.15) is 13.3 Å². The predicted octanol–water partition coefficient (Wildman–Crippen LogP) is 0.384. The highest BCUT2D eigenvalue weighted by Gasteiger charge is 1.99. The number of carbonyl (C=O) groups is 1. The highest BCUT2D eigenvalue weighted by molar-refractivity contribution is 5.56. The fourth-order valence-corrected chi connectivity index (χ4v) is 0.907. The van der Waals surface area contributed by atoms with E-state index in [-0.39, 0.29) is 6.42 Å². The van der Waals surface area contributed by atoms with Crippen LogP contribution in [0.5, 0.6) is 0 Å². The fourth-order valence-electron chi connectivity index (χ4n) is 0.907. The van der Waals surface area contributed by atoms with Crippen molar-refractivity contribution < 1.29 is 4.79 Å². The van der Waals surface area contributed by atoms with E-state index < -0.39 is 0 Å². The van der Waals surface area contributed by atoms with Gasteiger partial charge in [0.2, 0.25) is 0 Å². The third-order valence-corrected chi connectivity index (χ3v) is 1.49. The molecule has 0 unspecified atom stereocenters. The molecule has 0 aromatic heterocycles. The van der Waals surface area contributed by atoms with Gasteiger partial charge in [0.05, 0.1) is 0 Å². The molecule has 0 aromatic rings. The van der Waals surface area contributed by atoms with Crippen molar-refractivity contribution in [3.8, 4) is 0 Å². The van der Waals surface area contributed by atoms with Crippen molar-refractivity contribution in [2.24, 2.45) is 11.5 Å². The quantitative estimate of drug-likeness (QED) is 0.325. The van der Waals surface area contributed by atoms with Crippen LogP contribution in [0, 0.1) is 0 Å². The Balaban J connectivity index is 4.65. The summed E-state index contributed by atoms with van der Waals surface area (Å²) in [6, 6.07) is 0. The van der Waals surface area contributed by atoms with Gasteiger partial charge in [0.25, 0.3) is 0 Å². The van der Waals surface area contributed by atoms with Crippen LogP contribution in [0.3, 0.4) is 0 Å². The first-order valence-corrected chi connectivity index (χ1v) is 4.32. The summed E-state index contributed by atoms with van der Waals surface area (Å²) < 4.78 is 0. The first kappa shape index (κ1) is 12.3. The van der Waals surface area contributed by atoms with Crippen LogP contribution in [-0.2, 0) is 4.79 Å². The molecular formula is C10H17N3O. The van der Waals surface area contributed by atoms with E-state index in [1.54, 1.807) is 19.1 Å². The van der Waals surface area contributed by atoms with Gasteiger partial charge in [-0.15, -0.1) is 6.58 Å². The molecular weight excluding hydrogens is 178 g/mol. The Morgan fingerprint density at radius 1 is 1.50 bits per heavy atom. The summed E-state index contributed by atoms with van der Waals surface area (Å²) in [5, 5.41) is 2.90. The minimum Gasteiger partial charge on any atom is -0.402 e. The van der Waals surface area contributed by atoms with E-state index in [4.69, 9.17) is 11.5 Å². The Hall–Kier alpha value is -1.71. The lowest BCUT2D eigenvalue weighted by atomic mass is 10.1. The lowest BCUT2D eigenvalue weighted by Gasteiger charge is -2.07.